The Bertz CT molecular complexity index is 614. The fourth-order valence-corrected chi connectivity index (χ4v) is 2.77. The highest BCUT2D eigenvalue weighted by Crippen LogP contribution is 2.35. The highest BCUT2D eigenvalue weighted by molar-refractivity contribution is 9.10. The first-order valence-corrected chi connectivity index (χ1v) is 7.08. The van der Waals surface area contributed by atoms with Crippen molar-refractivity contribution in [2.24, 2.45) is 5.41 Å². The molecule has 1 atom stereocenters. The maximum atomic E-state index is 4.74. The van der Waals surface area contributed by atoms with Crippen LogP contribution in [-0.4, -0.2) is 11.0 Å². The Morgan fingerprint density at radius 1 is 1.28 bits per heavy atom. The van der Waals surface area contributed by atoms with E-state index in [1.165, 1.54) is 10.9 Å². The van der Waals surface area contributed by atoms with Gasteiger partial charge in [-0.15, -0.1) is 0 Å². The van der Waals surface area contributed by atoms with E-state index in [0.717, 1.165) is 22.2 Å². The Kier molecular flexibility index (Phi) is 2.63. The van der Waals surface area contributed by atoms with E-state index in [1.54, 1.807) is 0 Å². The summed E-state index contributed by atoms with van der Waals surface area (Å²) < 4.78 is 1.08. The van der Waals surface area contributed by atoms with Gasteiger partial charge in [0.05, 0.1) is 5.52 Å². The summed E-state index contributed by atoms with van der Waals surface area (Å²) >= 11 is 3.50. The van der Waals surface area contributed by atoms with Crippen LogP contribution in [0.5, 0.6) is 0 Å². The molecule has 3 rings (SSSR count). The van der Waals surface area contributed by atoms with Gasteiger partial charge >= 0.3 is 0 Å². The molecule has 0 fully saturated rings. The highest BCUT2D eigenvalue weighted by atomic mass is 79.9. The van der Waals surface area contributed by atoms with Gasteiger partial charge in [0.2, 0.25) is 0 Å². The van der Waals surface area contributed by atoms with Crippen molar-refractivity contribution in [3.63, 3.8) is 0 Å². The summed E-state index contributed by atoms with van der Waals surface area (Å²) in [6, 6.07) is 9.00. The summed E-state index contributed by atoms with van der Waals surface area (Å²) in [5, 5.41) is 4.78. The SMILES string of the molecule is CC(C)(C)[C@@H]1Cc2cc3ccc(Br)cc3nc2N1. The first-order valence-electron chi connectivity index (χ1n) is 6.29. The molecule has 2 nitrogen and oxygen atoms in total. The van der Waals surface area contributed by atoms with Crippen LogP contribution in [0.2, 0.25) is 0 Å². The molecule has 3 heteroatoms. The van der Waals surface area contributed by atoms with Crippen LogP contribution in [0.4, 0.5) is 5.82 Å². The molecule has 2 heterocycles. The third-order valence-corrected chi connectivity index (χ3v) is 4.13. The first-order chi connectivity index (χ1) is 8.43. The van der Waals surface area contributed by atoms with Crippen molar-refractivity contribution >= 4 is 32.7 Å². The number of hydrogen-bond acceptors (Lipinski definition) is 2. The normalized spacial score (nSPS) is 18.8. The number of rotatable bonds is 0. The minimum Gasteiger partial charge on any atom is -0.366 e. The number of aromatic nitrogens is 1. The van der Waals surface area contributed by atoms with Gasteiger partial charge in [0, 0.05) is 15.9 Å². The van der Waals surface area contributed by atoms with Crippen molar-refractivity contribution in [3.05, 3.63) is 34.3 Å². The van der Waals surface area contributed by atoms with Crippen molar-refractivity contribution in [2.45, 2.75) is 33.2 Å². The zero-order valence-corrected chi connectivity index (χ0v) is 12.5. The van der Waals surface area contributed by atoms with E-state index in [2.05, 4.69) is 66.3 Å². The summed E-state index contributed by atoms with van der Waals surface area (Å²) in [4.78, 5) is 4.74. The van der Waals surface area contributed by atoms with Crippen LogP contribution in [0.3, 0.4) is 0 Å². The predicted molar refractivity (Wildman–Crippen MR) is 80.0 cm³/mol. The lowest BCUT2D eigenvalue weighted by molar-refractivity contribution is 0.347. The Morgan fingerprint density at radius 3 is 2.78 bits per heavy atom. The van der Waals surface area contributed by atoms with Crippen LogP contribution in [-0.2, 0) is 6.42 Å². The zero-order chi connectivity index (χ0) is 12.9. The van der Waals surface area contributed by atoms with Crippen molar-refractivity contribution < 1.29 is 0 Å². The van der Waals surface area contributed by atoms with E-state index < -0.39 is 0 Å². The lowest BCUT2D eigenvalue weighted by atomic mass is 9.85. The molecule has 1 aromatic heterocycles. The molecular formula is C15H17BrN2. The second-order valence-corrected chi connectivity index (χ2v) is 7.02. The number of halogens is 1. The Labute approximate surface area is 116 Å². The van der Waals surface area contributed by atoms with Crippen molar-refractivity contribution in [1.29, 1.82) is 0 Å². The smallest absolute Gasteiger partial charge is 0.130 e. The second kappa shape index (κ2) is 3.95. The van der Waals surface area contributed by atoms with Crippen LogP contribution in [0.25, 0.3) is 10.9 Å². The Hall–Kier alpha value is -1.09. The van der Waals surface area contributed by atoms with Crippen LogP contribution in [0, 0.1) is 5.41 Å². The lowest BCUT2D eigenvalue weighted by Crippen LogP contribution is -2.31. The number of nitrogens with one attached hydrogen (secondary N) is 1. The Balaban J connectivity index is 2.06. The van der Waals surface area contributed by atoms with Gasteiger partial charge in [0.15, 0.2) is 0 Å². The molecule has 0 saturated carbocycles. The van der Waals surface area contributed by atoms with Crippen LogP contribution < -0.4 is 5.32 Å². The van der Waals surface area contributed by atoms with E-state index in [9.17, 15) is 0 Å². The number of nitrogens with zero attached hydrogens (tertiary/aromatic N) is 1. The monoisotopic (exact) mass is 304 g/mol. The number of pyridine rings is 1. The van der Waals surface area contributed by atoms with E-state index in [-0.39, 0.29) is 5.41 Å². The van der Waals surface area contributed by atoms with Crippen molar-refractivity contribution in [3.8, 4) is 0 Å². The molecule has 18 heavy (non-hydrogen) atoms. The van der Waals surface area contributed by atoms with Gasteiger partial charge in [-0.05, 0) is 35.6 Å². The van der Waals surface area contributed by atoms with Crippen molar-refractivity contribution in [2.75, 3.05) is 5.32 Å². The molecule has 0 radical (unpaired) electrons. The quantitative estimate of drug-likeness (QED) is 0.781. The van der Waals surface area contributed by atoms with Gasteiger partial charge in [0.25, 0.3) is 0 Å². The third-order valence-electron chi connectivity index (χ3n) is 3.64. The molecular weight excluding hydrogens is 288 g/mol. The lowest BCUT2D eigenvalue weighted by Gasteiger charge is -2.26. The summed E-state index contributed by atoms with van der Waals surface area (Å²) in [5.74, 6) is 1.06. The molecule has 0 unspecified atom stereocenters. The molecule has 94 valence electrons. The molecule has 0 saturated heterocycles. The highest BCUT2D eigenvalue weighted by Gasteiger charge is 2.31. The van der Waals surface area contributed by atoms with Crippen molar-refractivity contribution in [1.82, 2.24) is 4.98 Å². The maximum absolute atomic E-state index is 4.74. The zero-order valence-electron chi connectivity index (χ0n) is 10.9. The van der Waals surface area contributed by atoms with Crippen LogP contribution in [0.15, 0.2) is 28.7 Å². The third kappa shape index (κ3) is 2.01. The Morgan fingerprint density at radius 2 is 2.06 bits per heavy atom. The molecule has 0 amide bonds. The molecule has 1 aliphatic rings. The second-order valence-electron chi connectivity index (χ2n) is 6.10. The molecule has 1 aliphatic heterocycles. The molecule has 0 spiro atoms. The first kappa shape index (κ1) is 12.0. The van der Waals surface area contributed by atoms with E-state index in [0.29, 0.717) is 6.04 Å². The minimum absolute atomic E-state index is 0.257. The van der Waals surface area contributed by atoms with E-state index >= 15 is 0 Å². The summed E-state index contributed by atoms with van der Waals surface area (Å²) in [7, 11) is 0. The fraction of sp³-hybridized carbons (Fsp3) is 0.400. The van der Waals surface area contributed by atoms with Crippen LogP contribution >= 0.6 is 15.9 Å². The van der Waals surface area contributed by atoms with E-state index in [4.69, 9.17) is 4.98 Å². The molecule has 1 aromatic carbocycles. The standard InChI is InChI=1S/C15H17BrN2/c1-15(2,3)13-7-10-6-9-4-5-11(16)8-12(9)17-14(10)18-13/h4-6,8,13H,7H2,1-3H3,(H,17,18)/t13-/m0/s1. The van der Waals surface area contributed by atoms with Gasteiger partial charge in [-0.2, -0.15) is 0 Å². The van der Waals surface area contributed by atoms with Crippen LogP contribution in [0.1, 0.15) is 26.3 Å². The number of hydrogen-bond donors (Lipinski definition) is 1. The summed E-state index contributed by atoms with van der Waals surface area (Å²) in [5.41, 5.74) is 2.64. The van der Waals surface area contributed by atoms with Gasteiger partial charge in [-0.25, -0.2) is 4.98 Å². The molecule has 2 aromatic rings. The van der Waals surface area contributed by atoms with Gasteiger partial charge < -0.3 is 5.32 Å². The molecule has 1 N–H and O–H groups in total. The van der Waals surface area contributed by atoms with Gasteiger partial charge in [-0.1, -0.05) is 42.8 Å². The topological polar surface area (TPSA) is 24.9 Å². The molecule has 0 aliphatic carbocycles. The maximum Gasteiger partial charge on any atom is 0.130 e. The summed E-state index contributed by atoms with van der Waals surface area (Å²) in [6.07, 6.45) is 1.07. The summed E-state index contributed by atoms with van der Waals surface area (Å²) in [6.45, 7) is 6.81. The number of fused-ring (bicyclic) bond motifs is 2. The largest absolute Gasteiger partial charge is 0.366 e. The number of anilines is 1. The molecule has 0 bridgehead atoms. The minimum atomic E-state index is 0.257. The average molecular weight is 305 g/mol. The fourth-order valence-electron chi connectivity index (χ4n) is 2.42. The predicted octanol–water partition coefficient (Wildman–Crippen LogP) is 4.38. The van der Waals surface area contributed by atoms with Gasteiger partial charge in [0.1, 0.15) is 5.82 Å². The van der Waals surface area contributed by atoms with Gasteiger partial charge in [-0.3, -0.25) is 0 Å². The number of benzene rings is 1. The average Bonchev–Trinajstić information content (AvgIpc) is 2.68. The van der Waals surface area contributed by atoms with E-state index in [1.807, 2.05) is 0 Å².